The SMILES string of the molecule is COc1ccc(CC[NH2+]Cc2cccnc2)cc1OC. The summed E-state index contributed by atoms with van der Waals surface area (Å²) >= 11 is 0. The van der Waals surface area contributed by atoms with Gasteiger partial charge in [-0.15, -0.1) is 0 Å². The van der Waals surface area contributed by atoms with E-state index in [0.29, 0.717) is 0 Å². The summed E-state index contributed by atoms with van der Waals surface area (Å²) in [5.41, 5.74) is 2.50. The van der Waals surface area contributed by atoms with Crippen molar-refractivity contribution in [1.29, 1.82) is 0 Å². The average molecular weight is 273 g/mol. The molecule has 0 unspecified atom stereocenters. The van der Waals surface area contributed by atoms with Crippen LogP contribution in [-0.2, 0) is 13.0 Å². The third-order valence-electron chi connectivity index (χ3n) is 3.19. The first-order valence-corrected chi connectivity index (χ1v) is 6.75. The highest BCUT2D eigenvalue weighted by Gasteiger charge is 2.05. The molecule has 106 valence electrons. The van der Waals surface area contributed by atoms with Gasteiger partial charge in [0, 0.05) is 24.4 Å². The molecular weight excluding hydrogens is 252 g/mol. The van der Waals surface area contributed by atoms with Crippen LogP contribution in [0.2, 0.25) is 0 Å². The summed E-state index contributed by atoms with van der Waals surface area (Å²) in [5, 5.41) is 2.29. The standard InChI is InChI=1S/C16H20N2O2/c1-19-15-6-5-13(10-16(15)20-2)7-9-18-12-14-4-3-8-17-11-14/h3-6,8,10-11,18H,7,9,12H2,1-2H3/p+1. The Morgan fingerprint density at radius 3 is 2.60 bits per heavy atom. The fraction of sp³-hybridized carbons (Fsp3) is 0.312. The molecule has 2 rings (SSSR count). The number of pyridine rings is 1. The van der Waals surface area contributed by atoms with E-state index in [4.69, 9.17) is 9.47 Å². The van der Waals surface area contributed by atoms with Gasteiger partial charge >= 0.3 is 0 Å². The average Bonchev–Trinajstić information content (AvgIpc) is 2.52. The van der Waals surface area contributed by atoms with E-state index >= 15 is 0 Å². The van der Waals surface area contributed by atoms with Gasteiger partial charge in [-0.2, -0.15) is 0 Å². The highest BCUT2D eigenvalue weighted by atomic mass is 16.5. The van der Waals surface area contributed by atoms with Crippen molar-refractivity contribution < 1.29 is 14.8 Å². The minimum atomic E-state index is 0.774. The van der Waals surface area contributed by atoms with Crippen LogP contribution in [0.25, 0.3) is 0 Å². The fourth-order valence-corrected chi connectivity index (χ4v) is 2.09. The Morgan fingerprint density at radius 1 is 1.05 bits per heavy atom. The molecule has 0 saturated carbocycles. The normalized spacial score (nSPS) is 10.3. The van der Waals surface area contributed by atoms with E-state index in [1.807, 2.05) is 24.4 Å². The first-order chi connectivity index (χ1) is 9.83. The zero-order chi connectivity index (χ0) is 14.2. The van der Waals surface area contributed by atoms with E-state index in [1.165, 1.54) is 11.1 Å². The third-order valence-corrected chi connectivity index (χ3v) is 3.19. The number of aromatic nitrogens is 1. The molecule has 0 aliphatic heterocycles. The zero-order valence-electron chi connectivity index (χ0n) is 12.0. The van der Waals surface area contributed by atoms with E-state index in [0.717, 1.165) is 31.0 Å². The summed E-state index contributed by atoms with van der Waals surface area (Å²) in [4.78, 5) is 4.11. The number of nitrogens with zero attached hydrogens (tertiary/aromatic N) is 1. The van der Waals surface area contributed by atoms with Crippen LogP contribution in [0.1, 0.15) is 11.1 Å². The lowest BCUT2D eigenvalue weighted by Gasteiger charge is -2.09. The molecule has 1 heterocycles. The predicted octanol–water partition coefficient (Wildman–Crippen LogP) is 1.40. The lowest BCUT2D eigenvalue weighted by molar-refractivity contribution is -0.670. The second-order valence-corrected chi connectivity index (χ2v) is 4.58. The molecule has 0 aliphatic rings. The van der Waals surface area contributed by atoms with Crippen LogP contribution in [-0.4, -0.2) is 25.7 Å². The molecule has 0 fully saturated rings. The van der Waals surface area contributed by atoms with Crippen molar-refractivity contribution in [3.63, 3.8) is 0 Å². The summed E-state index contributed by atoms with van der Waals surface area (Å²) in [6.45, 7) is 1.99. The van der Waals surface area contributed by atoms with Crippen molar-refractivity contribution in [3.8, 4) is 11.5 Å². The van der Waals surface area contributed by atoms with Crippen molar-refractivity contribution in [3.05, 3.63) is 53.9 Å². The zero-order valence-corrected chi connectivity index (χ0v) is 12.0. The topological polar surface area (TPSA) is 48.0 Å². The molecule has 4 heteroatoms. The third kappa shape index (κ3) is 3.96. The lowest BCUT2D eigenvalue weighted by Crippen LogP contribution is -2.83. The minimum absolute atomic E-state index is 0.774. The van der Waals surface area contributed by atoms with Gasteiger partial charge in [0.15, 0.2) is 11.5 Å². The highest BCUT2D eigenvalue weighted by molar-refractivity contribution is 5.42. The number of nitrogens with two attached hydrogens (primary N) is 1. The molecule has 0 spiro atoms. The molecule has 0 amide bonds. The molecule has 0 saturated heterocycles. The molecule has 2 N–H and O–H groups in total. The number of methoxy groups -OCH3 is 2. The molecule has 0 radical (unpaired) electrons. The first kappa shape index (κ1) is 14.3. The first-order valence-electron chi connectivity index (χ1n) is 6.75. The largest absolute Gasteiger partial charge is 0.493 e. The summed E-state index contributed by atoms with van der Waals surface area (Å²) in [7, 11) is 3.31. The van der Waals surface area contributed by atoms with Crippen LogP contribution >= 0.6 is 0 Å². The summed E-state index contributed by atoms with van der Waals surface area (Å²) in [5.74, 6) is 1.56. The van der Waals surface area contributed by atoms with Crippen molar-refractivity contribution in [2.45, 2.75) is 13.0 Å². The Balaban J connectivity index is 1.82. The Kier molecular flexibility index (Phi) is 5.38. The Morgan fingerprint density at radius 2 is 1.90 bits per heavy atom. The highest BCUT2D eigenvalue weighted by Crippen LogP contribution is 2.27. The van der Waals surface area contributed by atoms with E-state index in [9.17, 15) is 0 Å². The van der Waals surface area contributed by atoms with E-state index < -0.39 is 0 Å². The van der Waals surface area contributed by atoms with Crippen LogP contribution in [0.15, 0.2) is 42.7 Å². The molecule has 1 aromatic heterocycles. The number of ether oxygens (including phenoxy) is 2. The maximum atomic E-state index is 5.31. The van der Waals surface area contributed by atoms with E-state index in [2.05, 4.69) is 22.4 Å². The van der Waals surface area contributed by atoms with Gasteiger partial charge in [-0.05, 0) is 23.8 Å². The Labute approximate surface area is 119 Å². The van der Waals surface area contributed by atoms with Crippen molar-refractivity contribution >= 4 is 0 Å². The fourth-order valence-electron chi connectivity index (χ4n) is 2.09. The van der Waals surface area contributed by atoms with Crippen molar-refractivity contribution in [2.75, 3.05) is 20.8 Å². The molecule has 1 aromatic carbocycles. The molecule has 20 heavy (non-hydrogen) atoms. The number of hydrogen-bond donors (Lipinski definition) is 1. The smallest absolute Gasteiger partial charge is 0.160 e. The quantitative estimate of drug-likeness (QED) is 0.776. The Hall–Kier alpha value is -2.07. The molecule has 4 nitrogen and oxygen atoms in total. The maximum Gasteiger partial charge on any atom is 0.160 e. The van der Waals surface area contributed by atoms with Crippen LogP contribution in [0.3, 0.4) is 0 Å². The maximum absolute atomic E-state index is 5.31. The van der Waals surface area contributed by atoms with Gasteiger partial charge in [-0.1, -0.05) is 12.1 Å². The van der Waals surface area contributed by atoms with Crippen LogP contribution in [0.5, 0.6) is 11.5 Å². The molecule has 0 bridgehead atoms. The number of benzene rings is 1. The van der Waals surface area contributed by atoms with Gasteiger partial charge in [-0.3, -0.25) is 4.98 Å². The van der Waals surface area contributed by atoms with Gasteiger partial charge in [0.05, 0.1) is 20.8 Å². The van der Waals surface area contributed by atoms with Gasteiger partial charge in [0.25, 0.3) is 0 Å². The minimum Gasteiger partial charge on any atom is -0.493 e. The van der Waals surface area contributed by atoms with Gasteiger partial charge in [0.2, 0.25) is 0 Å². The predicted molar refractivity (Wildman–Crippen MR) is 78.0 cm³/mol. The van der Waals surface area contributed by atoms with Crippen molar-refractivity contribution in [1.82, 2.24) is 4.98 Å². The van der Waals surface area contributed by atoms with Crippen LogP contribution in [0.4, 0.5) is 0 Å². The van der Waals surface area contributed by atoms with Gasteiger partial charge in [0.1, 0.15) is 6.54 Å². The second-order valence-electron chi connectivity index (χ2n) is 4.58. The molecule has 0 atom stereocenters. The lowest BCUT2D eigenvalue weighted by atomic mass is 10.1. The molecular formula is C16H21N2O2+. The number of rotatable bonds is 7. The monoisotopic (exact) mass is 273 g/mol. The van der Waals surface area contributed by atoms with E-state index in [-0.39, 0.29) is 0 Å². The van der Waals surface area contributed by atoms with Crippen LogP contribution < -0.4 is 14.8 Å². The molecule has 0 aliphatic carbocycles. The Bertz CT molecular complexity index is 529. The van der Waals surface area contributed by atoms with E-state index in [1.54, 1.807) is 20.4 Å². The summed E-state index contributed by atoms with van der Waals surface area (Å²) in [6.07, 6.45) is 4.71. The van der Waals surface area contributed by atoms with Crippen molar-refractivity contribution in [2.24, 2.45) is 0 Å². The second kappa shape index (κ2) is 7.50. The number of hydrogen-bond acceptors (Lipinski definition) is 3. The summed E-state index contributed by atoms with van der Waals surface area (Å²) < 4.78 is 10.5. The summed E-state index contributed by atoms with van der Waals surface area (Å²) in [6, 6.07) is 10.1. The van der Waals surface area contributed by atoms with Gasteiger partial charge < -0.3 is 14.8 Å². The molecule has 2 aromatic rings. The van der Waals surface area contributed by atoms with Crippen LogP contribution in [0, 0.1) is 0 Å². The van der Waals surface area contributed by atoms with Gasteiger partial charge in [-0.25, -0.2) is 0 Å². The number of quaternary nitrogens is 1.